The van der Waals surface area contributed by atoms with Gasteiger partial charge in [-0.25, -0.2) is 0 Å². The number of hydrogen-bond donors (Lipinski definition) is 0. The van der Waals surface area contributed by atoms with E-state index in [-0.39, 0.29) is 0 Å². The van der Waals surface area contributed by atoms with Crippen molar-refractivity contribution >= 4 is 6.72 Å². The van der Waals surface area contributed by atoms with Crippen LogP contribution in [0.15, 0.2) is 41.1 Å². The second-order valence-electron chi connectivity index (χ2n) is 3.07. The second kappa shape index (κ2) is 2.19. The van der Waals surface area contributed by atoms with E-state index in [1.807, 2.05) is 6.08 Å². The molecule has 2 atom stereocenters. The first-order chi connectivity index (χ1) is 5.36. The maximum atomic E-state index is 4.03. The predicted octanol–water partition coefficient (Wildman–Crippen LogP) is 2.33. The molecule has 11 heavy (non-hydrogen) atoms. The van der Waals surface area contributed by atoms with E-state index in [9.17, 15) is 0 Å². The molecule has 2 aliphatic rings. The average molecular weight is 145 g/mol. The molecule has 0 aliphatic heterocycles. The van der Waals surface area contributed by atoms with Crippen LogP contribution < -0.4 is 0 Å². The van der Waals surface area contributed by atoms with Crippen LogP contribution in [0.25, 0.3) is 0 Å². The van der Waals surface area contributed by atoms with Gasteiger partial charge in [-0.1, -0.05) is 24.8 Å². The second-order valence-corrected chi connectivity index (χ2v) is 3.07. The van der Waals surface area contributed by atoms with Gasteiger partial charge in [0.15, 0.2) is 0 Å². The lowest BCUT2D eigenvalue weighted by Crippen LogP contribution is -1.93. The predicted molar refractivity (Wildman–Crippen MR) is 47.5 cm³/mol. The van der Waals surface area contributed by atoms with Gasteiger partial charge in [-0.05, 0) is 24.6 Å². The molecule has 0 bridgehead atoms. The van der Waals surface area contributed by atoms with Crippen molar-refractivity contribution in [1.82, 2.24) is 0 Å². The molecule has 0 saturated heterocycles. The molecular weight excluding hydrogens is 134 g/mol. The molecule has 0 amide bonds. The van der Waals surface area contributed by atoms with Crippen LogP contribution in [-0.2, 0) is 0 Å². The molecule has 2 rings (SSSR count). The summed E-state index contributed by atoms with van der Waals surface area (Å²) in [6, 6.07) is 0. The summed E-state index contributed by atoms with van der Waals surface area (Å²) < 4.78 is 0. The average Bonchev–Trinajstić information content (AvgIpc) is 2.80. The Labute approximate surface area is 66.8 Å². The van der Waals surface area contributed by atoms with Crippen LogP contribution in [0.1, 0.15) is 6.42 Å². The molecule has 0 aromatic rings. The standard InChI is InChI=1S/C10H11N/c1-3-7-4-5-8-6-9(8)10(7)11-2/h3-5,8-9H,1-2,6H2. The maximum Gasteiger partial charge on any atom is 0.0505 e. The Bertz CT molecular complexity index is 271. The van der Waals surface area contributed by atoms with Crippen LogP contribution >= 0.6 is 0 Å². The highest BCUT2D eigenvalue weighted by Crippen LogP contribution is 2.49. The first-order valence-electron chi connectivity index (χ1n) is 3.88. The zero-order valence-electron chi connectivity index (χ0n) is 6.46. The normalized spacial score (nSPS) is 33.1. The molecule has 0 heterocycles. The quantitative estimate of drug-likeness (QED) is 0.529. The first kappa shape index (κ1) is 6.59. The van der Waals surface area contributed by atoms with Crippen molar-refractivity contribution in [2.75, 3.05) is 0 Å². The van der Waals surface area contributed by atoms with E-state index in [0.29, 0.717) is 5.92 Å². The van der Waals surface area contributed by atoms with E-state index in [1.54, 1.807) is 0 Å². The van der Waals surface area contributed by atoms with Gasteiger partial charge < -0.3 is 0 Å². The molecule has 0 spiro atoms. The van der Waals surface area contributed by atoms with Gasteiger partial charge in [-0.15, -0.1) is 0 Å². The van der Waals surface area contributed by atoms with Crippen LogP contribution in [0.5, 0.6) is 0 Å². The highest BCUT2D eigenvalue weighted by Gasteiger charge is 2.40. The Balaban J connectivity index is 2.41. The number of aliphatic imine (C=N–C) groups is 1. The Morgan fingerprint density at radius 2 is 2.45 bits per heavy atom. The van der Waals surface area contributed by atoms with E-state index < -0.39 is 0 Å². The van der Waals surface area contributed by atoms with E-state index in [2.05, 4.69) is 30.4 Å². The summed E-state index contributed by atoms with van der Waals surface area (Å²) >= 11 is 0. The summed E-state index contributed by atoms with van der Waals surface area (Å²) in [5.41, 5.74) is 2.30. The molecule has 0 aromatic carbocycles. The van der Waals surface area contributed by atoms with E-state index in [0.717, 1.165) is 17.2 Å². The van der Waals surface area contributed by atoms with Crippen LogP contribution in [0, 0.1) is 11.8 Å². The van der Waals surface area contributed by atoms with Gasteiger partial charge in [0.1, 0.15) is 0 Å². The third kappa shape index (κ3) is 0.881. The van der Waals surface area contributed by atoms with Crippen LogP contribution in [0.2, 0.25) is 0 Å². The summed E-state index contributed by atoms with van der Waals surface area (Å²) in [6.07, 6.45) is 7.46. The number of fused-ring (bicyclic) bond motifs is 1. The smallest absolute Gasteiger partial charge is 0.0505 e. The summed E-state index contributed by atoms with van der Waals surface area (Å²) in [6.45, 7) is 7.31. The maximum absolute atomic E-state index is 4.03. The Morgan fingerprint density at radius 1 is 1.64 bits per heavy atom. The summed E-state index contributed by atoms with van der Waals surface area (Å²) in [4.78, 5) is 4.03. The van der Waals surface area contributed by atoms with Gasteiger partial charge in [0.25, 0.3) is 0 Å². The number of allylic oxidation sites excluding steroid dienone is 5. The lowest BCUT2D eigenvalue weighted by molar-refractivity contribution is 0.885. The van der Waals surface area contributed by atoms with Gasteiger partial charge in [0.05, 0.1) is 5.70 Å². The van der Waals surface area contributed by atoms with Gasteiger partial charge in [0, 0.05) is 5.92 Å². The monoisotopic (exact) mass is 145 g/mol. The van der Waals surface area contributed by atoms with Crippen molar-refractivity contribution in [3.63, 3.8) is 0 Å². The molecule has 2 aliphatic carbocycles. The number of hydrogen-bond acceptors (Lipinski definition) is 1. The molecule has 2 unspecified atom stereocenters. The number of rotatable bonds is 2. The molecule has 1 nitrogen and oxygen atoms in total. The van der Waals surface area contributed by atoms with E-state index in [1.165, 1.54) is 6.42 Å². The lowest BCUT2D eigenvalue weighted by Gasteiger charge is -2.06. The van der Waals surface area contributed by atoms with Gasteiger partial charge in [0.2, 0.25) is 0 Å². The van der Waals surface area contributed by atoms with Crippen LogP contribution in [-0.4, -0.2) is 6.72 Å². The highest BCUT2D eigenvalue weighted by molar-refractivity contribution is 5.46. The Hall–Kier alpha value is -1.11. The van der Waals surface area contributed by atoms with Crippen molar-refractivity contribution in [2.24, 2.45) is 16.8 Å². The van der Waals surface area contributed by atoms with E-state index in [4.69, 9.17) is 0 Å². The molecule has 0 aromatic heterocycles. The molecule has 56 valence electrons. The third-order valence-corrected chi connectivity index (χ3v) is 2.40. The molecule has 0 radical (unpaired) electrons. The van der Waals surface area contributed by atoms with Crippen LogP contribution in [0.3, 0.4) is 0 Å². The van der Waals surface area contributed by atoms with Gasteiger partial charge in [-0.3, -0.25) is 4.99 Å². The Kier molecular flexibility index (Phi) is 1.31. The first-order valence-corrected chi connectivity index (χ1v) is 3.88. The fourth-order valence-electron chi connectivity index (χ4n) is 1.65. The van der Waals surface area contributed by atoms with Crippen molar-refractivity contribution < 1.29 is 0 Å². The van der Waals surface area contributed by atoms with Crippen molar-refractivity contribution in [3.05, 3.63) is 36.1 Å². The van der Waals surface area contributed by atoms with Crippen LogP contribution in [0.4, 0.5) is 0 Å². The summed E-state index contributed by atoms with van der Waals surface area (Å²) in [5, 5.41) is 0. The largest absolute Gasteiger partial charge is 0.268 e. The molecule has 1 saturated carbocycles. The zero-order chi connectivity index (χ0) is 7.84. The van der Waals surface area contributed by atoms with E-state index >= 15 is 0 Å². The minimum Gasteiger partial charge on any atom is -0.268 e. The van der Waals surface area contributed by atoms with Gasteiger partial charge >= 0.3 is 0 Å². The highest BCUT2D eigenvalue weighted by atomic mass is 14.8. The topological polar surface area (TPSA) is 12.4 Å². The Morgan fingerprint density at radius 3 is 3.09 bits per heavy atom. The SMILES string of the molecule is C=CC1=C(N=C)C2CC2C=C1. The third-order valence-electron chi connectivity index (χ3n) is 2.40. The molecule has 1 heteroatoms. The minimum absolute atomic E-state index is 0.658. The molecule has 1 fully saturated rings. The zero-order valence-corrected chi connectivity index (χ0v) is 6.46. The summed E-state index contributed by atoms with van der Waals surface area (Å²) in [7, 11) is 0. The minimum atomic E-state index is 0.658. The fraction of sp³-hybridized carbons (Fsp3) is 0.300. The lowest BCUT2D eigenvalue weighted by atomic mass is 10.0. The van der Waals surface area contributed by atoms with Gasteiger partial charge in [-0.2, -0.15) is 0 Å². The van der Waals surface area contributed by atoms with Crippen molar-refractivity contribution in [2.45, 2.75) is 6.42 Å². The fourth-order valence-corrected chi connectivity index (χ4v) is 1.65. The van der Waals surface area contributed by atoms with Crippen molar-refractivity contribution in [1.29, 1.82) is 0 Å². The summed E-state index contributed by atoms with van der Waals surface area (Å²) in [5.74, 6) is 1.41. The number of nitrogens with zero attached hydrogens (tertiary/aromatic N) is 1. The molecular formula is C10H11N. The van der Waals surface area contributed by atoms with Crippen molar-refractivity contribution in [3.8, 4) is 0 Å². The molecule has 0 N–H and O–H groups in total.